The summed E-state index contributed by atoms with van der Waals surface area (Å²) in [6.45, 7) is 5.74. The maximum atomic E-state index is 11.3. The Morgan fingerprint density at radius 3 is 2.43 bits per heavy atom. The van der Waals surface area contributed by atoms with Gasteiger partial charge in [-0.1, -0.05) is 30.3 Å². The van der Waals surface area contributed by atoms with E-state index in [1.165, 1.54) is 5.56 Å². The van der Waals surface area contributed by atoms with Crippen molar-refractivity contribution >= 4 is 11.7 Å². The Hall–Kier alpha value is -2.29. The highest BCUT2D eigenvalue weighted by Gasteiger charge is 2.29. The third-order valence-electron chi connectivity index (χ3n) is 4.40. The van der Waals surface area contributed by atoms with Gasteiger partial charge in [0.15, 0.2) is 0 Å². The van der Waals surface area contributed by atoms with E-state index in [1.807, 2.05) is 19.9 Å². The van der Waals surface area contributed by atoms with Crippen LogP contribution in [0.3, 0.4) is 0 Å². The van der Waals surface area contributed by atoms with Gasteiger partial charge in [-0.2, -0.15) is 0 Å². The molecule has 21 heavy (non-hydrogen) atoms. The standard InChI is InChI=1S/C18H19NO2/c1-12-8-16(9-17(13(12)2)18(20)21)19-10-15(11-19)14-6-4-3-5-7-14/h3-9,15H,10-11H2,1-2H3,(H,20,21). The summed E-state index contributed by atoms with van der Waals surface area (Å²) in [5, 5.41) is 9.30. The highest BCUT2D eigenvalue weighted by Crippen LogP contribution is 2.33. The number of carboxylic acid groups (broad SMARTS) is 1. The van der Waals surface area contributed by atoms with Crippen LogP contribution in [-0.2, 0) is 0 Å². The highest BCUT2D eigenvalue weighted by atomic mass is 16.4. The Kier molecular flexibility index (Phi) is 3.42. The summed E-state index contributed by atoms with van der Waals surface area (Å²) in [5.74, 6) is -0.307. The molecular formula is C18H19NO2. The minimum Gasteiger partial charge on any atom is -0.478 e. The minimum atomic E-state index is -0.849. The van der Waals surface area contributed by atoms with Crippen LogP contribution in [0.1, 0.15) is 33.0 Å². The Balaban J connectivity index is 1.80. The molecule has 1 aliphatic rings. The highest BCUT2D eigenvalue weighted by molar-refractivity contribution is 5.91. The van der Waals surface area contributed by atoms with Gasteiger partial charge in [-0.25, -0.2) is 4.79 Å². The summed E-state index contributed by atoms with van der Waals surface area (Å²) in [6, 6.07) is 14.4. The van der Waals surface area contributed by atoms with Crippen molar-refractivity contribution in [1.29, 1.82) is 0 Å². The molecule has 0 unspecified atom stereocenters. The number of nitrogens with zero attached hydrogens (tertiary/aromatic N) is 1. The third-order valence-corrected chi connectivity index (χ3v) is 4.40. The quantitative estimate of drug-likeness (QED) is 0.934. The van der Waals surface area contributed by atoms with Gasteiger partial charge in [0.05, 0.1) is 5.56 Å². The number of aryl methyl sites for hydroxylation is 1. The predicted octanol–water partition coefficient (Wildman–Crippen LogP) is 3.61. The monoisotopic (exact) mass is 281 g/mol. The van der Waals surface area contributed by atoms with Crippen LogP contribution in [0.5, 0.6) is 0 Å². The number of hydrogen-bond donors (Lipinski definition) is 1. The molecule has 108 valence electrons. The van der Waals surface area contributed by atoms with Crippen molar-refractivity contribution in [1.82, 2.24) is 0 Å². The zero-order valence-electron chi connectivity index (χ0n) is 12.3. The molecule has 3 heteroatoms. The van der Waals surface area contributed by atoms with Crippen molar-refractivity contribution in [2.24, 2.45) is 0 Å². The van der Waals surface area contributed by atoms with Crippen LogP contribution in [0, 0.1) is 13.8 Å². The molecule has 2 aromatic carbocycles. The Bertz CT molecular complexity index is 673. The molecule has 1 heterocycles. The molecule has 3 rings (SSSR count). The normalized spacial score (nSPS) is 14.9. The maximum Gasteiger partial charge on any atom is 0.336 e. The van der Waals surface area contributed by atoms with E-state index in [2.05, 4.69) is 35.2 Å². The number of aromatic carboxylic acids is 1. The molecule has 0 aromatic heterocycles. The van der Waals surface area contributed by atoms with Gasteiger partial charge in [0.25, 0.3) is 0 Å². The fourth-order valence-electron chi connectivity index (χ4n) is 2.87. The number of anilines is 1. The lowest BCUT2D eigenvalue weighted by Gasteiger charge is -2.41. The van der Waals surface area contributed by atoms with Gasteiger partial charge in [-0.15, -0.1) is 0 Å². The molecule has 1 N–H and O–H groups in total. The Labute approximate surface area is 124 Å². The minimum absolute atomic E-state index is 0.410. The van der Waals surface area contributed by atoms with Crippen molar-refractivity contribution in [2.45, 2.75) is 19.8 Å². The zero-order valence-corrected chi connectivity index (χ0v) is 12.3. The lowest BCUT2D eigenvalue weighted by atomic mass is 9.90. The molecule has 1 fully saturated rings. The topological polar surface area (TPSA) is 40.5 Å². The predicted molar refractivity (Wildman–Crippen MR) is 84.3 cm³/mol. The molecule has 0 saturated carbocycles. The fraction of sp³-hybridized carbons (Fsp3) is 0.278. The van der Waals surface area contributed by atoms with Gasteiger partial charge in [-0.05, 0) is 42.7 Å². The van der Waals surface area contributed by atoms with Crippen LogP contribution in [-0.4, -0.2) is 24.2 Å². The smallest absolute Gasteiger partial charge is 0.336 e. The zero-order chi connectivity index (χ0) is 15.0. The summed E-state index contributed by atoms with van der Waals surface area (Å²) in [6.07, 6.45) is 0. The van der Waals surface area contributed by atoms with Crippen LogP contribution < -0.4 is 4.90 Å². The molecule has 1 aliphatic heterocycles. The van der Waals surface area contributed by atoms with Gasteiger partial charge in [0.1, 0.15) is 0 Å². The largest absolute Gasteiger partial charge is 0.478 e. The second kappa shape index (κ2) is 5.24. The van der Waals surface area contributed by atoms with E-state index in [1.54, 1.807) is 6.07 Å². The van der Waals surface area contributed by atoms with Gasteiger partial charge in [-0.3, -0.25) is 0 Å². The first-order valence-corrected chi connectivity index (χ1v) is 7.20. The van der Waals surface area contributed by atoms with E-state index in [0.717, 1.165) is 29.9 Å². The molecule has 3 nitrogen and oxygen atoms in total. The van der Waals surface area contributed by atoms with Gasteiger partial charge in [0.2, 0.25) is 0 Å². The van der Waals surface area contributed by atoms with Crippen LogP contribution in [0.15, 0.2) is 42.5 Å². The Morgan fingerprint density at radius 1 is 1.14 bits per heavy atom. The van der Waals surface area contributed by atoms with E-state index in [4.69, 9.17) is 0 Å². The lowest BCUT2D eigenvalue weighted by molar-refractivity contribution is 0.0696. The second-order valence-electron chi connectivity index (χ2n) is 5.75. The first-order chi connectivity index (χ1) is 10.1. The average molecular weight is 281 g/mol. The van der Waals surface area contributed by atoms with Gasteiger partial charge in [0, 0.05) is 24.7 Å². The summed E-state index contributed by atoms with van der Waals surface area (Å²) >= 11 is 0. The van der Waals surface area contributed by atoms with Crippen LogP contribution in [0.25, 0.3) is 0 Å². The number of benzene rings is 2. The van der Waals surface area contributed by atoms with Crippen molar-refractivity contribution in [3.63, 3.8) is 0 Å². The molecule has 2 aromatic rings. The van der Waals surface area contributed by atoms with E-state index in [9.17, 15) is 9.90 Å². The molecule has 0 bridgehead atoms. The van der Waals surface area contributed by atoms with E-state index in [0.29, 0.717) is 11.5 Å². The second-order valence-corrected chi connectivity index (χ2v) is 5.75. The summed E-state index contributed by atoms with van der Waals surface area (Å²) in [7, 11) is 0. The summed E-state index contributed by atoms with van der Waals surface area (Å²) in [4.78, 5) is 13.6. The van der Waals surface area contributed by atoms with Crippen molar-refractivity contribution in [2.75, 3.05) is 18.0 Å². The summed E-state index contributed by atoms with van der Waals surface area (Å²) < 4.78 is 0. The van der Waals surface area contributed by atoms with Crippen LogP contribution in [0.2, 0.25) is 0 Å². The Morgan fingerprint density at radius 2 is 1.81 bits per heavy atom. The first-order valence-electron chi connectivity index (χ1n) is 7.20. The van der Waals surface area contributed by atoms with Crippen molar-refractivity contribution in [3.05, 3.63) is 64.7 Å². The van der Waals surface area contributed by atoms with Crippen molar-refractivity contribution in [3.8, 4) is 0 Å². The number of carboxylic acids is 1. The molecule has 1 saturated heterocycles. The van der Waals surface area contributed by atoms with Gasteiger partial charge < -0.3 is 10.0 Å². The van der Waals surface area contributed by atoms with E-state index in [-0.39, 0.29) is 0 Å². The maximum absolute atomic E-state index is 11.3. The fourth-order valence-corrected chi connectivity index (χ4v) is 2.87. The molecule has 0 aliphatic carbocycles. The number of hydrogen-bond acceptors (Lipinski definition) is 2. The third kappa shape index (κ3) is 2.51. The number of rotatable bonds is 3. The number of carbonyl (C=O) groups is 1. The average Bonchev–Trinajstić information content (AvgIpc) is 2.41. The van der Waals surface area contributed by atoms with E-state index >= 15 is 0 Å². The first kappa shape index (κ1) is 13.7. The molecule has 0 atom stereocenters. The SMILES string of the molecule is Cc1cc(N2CC(c3ccccc3)C2)cc(C(=O)O)c1C. The lowest BCUT2D eigenvalue weighted by Crippen LogP contribution is -2.45. The molecule has 0 radical (unpaired) electrons. The molecule has 0 spiro atoms. The van der Waals surface area contributed by atoms with Crippen LogP contribution in [0.4, 0.5) is 5.69 Å². The van der Waals surface area contributed by atoms with Gasteiger partial charge >= 0.3 is 5.97 Å². The molecule has 0 amide bonds. The van der Waals surface area contributed by atoms with E-state index < -0.39 is 5.97 Å². The molecular weight excluding hydrogens is 262 g/mol. The summed E-state index contributed by atoms with van der Waals surface area (Å²) in [5.41, 5.74) is 4.67. The van der Waals surface area contributed by atoms with Crippen molar-refractivity contribution < 1.29 is 9.90 Å². The van der Waals surface area contributed by atoms with Crippen LogP contribution >= 0.6 is 0 Å².